The van der Waals surface area contributed by atoms with Crippen molar-refractivity contribution in [1.29, 1.82) is 0 Å². The Balaban J connectivity index is 1.73. The van der Waals surface area contributed by atoms with E-state index in [1.807, 2.05) is 11.6 Å². The summed E-state index contributed by atoms with van der Waals surface area (Å²) in [6.45, 7) is 0.462. The Labute approximate surface area is 127 Å². The van der Waals surface area contributed by atoms with Crippen LogP contribution in [0.15, 0.2) is 41.7 Å². The van der Waals surface area contributed by atoms with Gasteiger partial charge in [0.25, 0.3) is 0 Å². The molecule has 3 N–H and O–H groups in total. The second kappa shape index (κ2) is 5.35. The van der Waals surface area contributed by atoms with Crippen LogP contribution in [0.1, 0.15) is 5.56 Å². The number of sulfonamides is 1. The average molecular weight is 318 g/mol. The van der Waals surface area contributed by atoms with E-state index in [-0.39, 0.29) is 4.90 Å². The third-order valence-electron chi connectivity index (χ3n) is 3.19. The lowest BCUT2D eigenvalue weighted by Crippen LogP contribution is -2.12. The SMILES string of the molecule is Cn1cnc2nc(NCc3ccc(S(N)(=O)=O)cc3)ncc21. The van der Waals surface area contributed by atoms with E-state index in [1.165, 1.54) is 12.1 Å². The van der Waals surface area contributed by atoms with Gasteiger partial charge in [-0.3, -0.25) is 0 Å². The van der Waals surface area contributed by atoms with E-state index in [1.54, 1.807) is 24.7 Å². The van der Waals surface area contributed by atoms with Crippen molar-refractivity contribution in [3.8, 4) is 0 Å². The van der Waals surface area contributed by atoms with Crippen molar-refractivity contribution in [3.63, 3.8) is 0 Å². The molecule has 114 valence electrons. The molecule has 0 amide bonds. The zero-order chi connectivity index (χ0) is 15.7. The van der Waals surface area contributed by atoms with Gasteiger partial charge in [0.2, 0.25) is 16.0 Å². The van der Waals surface area contributed by atoms with E-state index < -0.39 is 10.0 Å². The molecule has 0 aliphatic carbocycles. The summed E-state index contributed by atoms with van der Waals surface area (Å²) in [7, 11) is -1.79. The van der Waals surface area contributed by atoms with E-state index in [2.05, 4.69) is 20.3 Å². The van der Waals surface area contributed by atoms with Crippen molar-refractivity contribution >= 4 is 27.1 Å². The van der Waals surface area contributed by atoms with Crippen LogP contribution >= 0.6 is 0 Å². The molecule has 0 saturated carbocycles. The van der Waals surface area contributed by atoms with Crippen LogP contribution in [0.3, 0.4) is 0 Å². The summed E-state index contributed by atoms with van der Waals surface area (Å²) in [5, 5.41) is 8.12. The molecular formula is C13H14N6O2S. The molecule has 0 atom stereocenters. The van der Waals surface area contributed by atoms with Gasteiger partial charge in [-0.1, -0.05) is 12.1 Å². The van der Waals surface area contributed by atoms with Crippen LogP contribution in [-0.2, 0) is 23.6 Å². The summed E-state index contributed by atoms with van der Waals surface area (Å²) in [5.74, 6) is 0.460. The second-order valence-corrected chi connectivity index (χ2v) is 6.36. The van der Waals surface area contributed by atoms with Gasteiger partial charge in [0.1, 0.15) is 5.52 Å². The molecule has 3 rings (SSSR count). The van der Waals surface area contributed by atoms with Crippen molar-refractivity contribution in [3.05, 3.63) is 42.4 Å². The lowest BCUT2D eigenvalue weighted by molar-refractivity contribution is 0.598. The molecule has 0 radical (unpaired) electrons. The van der Waals surface area contributed by atoms with Crippen LogP contribution < -0.4 is 10.5 Å². The van der Waals surface area contributed by atoms with Gasteiger partial charge in [-0.05, 0) is 17.7 Å². The van der Waals surface area contributed by atoms with Gasteiger partial charge >= 0.3 is 0 Å². The molecule has 8 nitrogen and oxygen atoms in total. The molecule has 3 aromatic rings. The quantitative estimate of drug-likeness (QED) is 0.728. The Morgan fingerprint density at radius 3 is 2.64 bits per heavy atom. The number of nitrogens with one attached hydrogen (secondary N) is 1. The highest BCUT2D eigenvalue weighted by molar-refractivity contribution is 7.89. The number of primary sulfonamides is 1. The maximum atomic E-state index is 11.2. The molecule has 0 bridgehead atoms. The molecule has 0 saturated heterocycles. The summed E-state index contributed by atoms with van der Waals surface area (Å²) < 4.78 is 24.2. The number of hydrogen-bond donors (Lipinski definition) is 2. The predicted molar refractivity (Wildman–Crippen MR) is 81.4 cm³/mol. The van der Waals surface area contributed by atoms with E-state index >= 15 is 0 Å². The fraction of sp³-hybridized carbons (Fsp3) is 0.154. The fourth-order valence-corrected chi connectivity index (χ4v) is 2.49. The summed E-state index contributed by atoms with van der Waals surface area (Å²) in [4.78, 5) is 12.8. The molecule has 0 fully saturated rings. The summed E-state index contributed by atoms with van der Waals surface area (Å²) in [5.41, 5.74) is 2.35. The number of nitrogens with two attached hydrogens (primary N) is 1. The number of benzene rings is 1. The minimum absolute atomic E-state index is 0.0856. The molecule has 9 heteroatoms. The summed E-state index contributed by atoms with van der Waals surface area (Å²) >= 11 is 0. The van der Waals surface area contributed by atoms with E-state index in [9.17, 15) is 8.42 Å². The highest BCUT2D eigenvalue weighted by atomic mass is 32.2. The summed E-state index contributed by atoms with van der Waals surface area (Å²) in [6, 6.07) is 6.31. The highest BCUT2D eigenvalue weighted by Crippen LogP contribution is 2.12. The Morgan fingerprint density at radius 1 is 1.23 bits per heavy atom. The van der Waals surface area contributed by atoms with Gasteiger partial charge in [0.15, 0.2) is 5.65 Å². The van der Waals surface area contributed by atoms with Crippen LogP contribution in [0, 0.1) is 0 Å². The molecule has 1 aromatic carbocycles. The van der Waals surface area contributed by atoms with Crippen LogP contribution in [0.5, 0.6) is 0 Å². The van der Waals surface area contributed by atoms with E-state index in [0.717, 1.165) is 11.1 Å². The molecule has 0 spiro atoms. The number of aryl methyl sites for hydroxylation is 1. The first-order valence-corrected chi connectivity index (χ1v) is 7.98. The highest BCUT2D eigenvalue weighted by Gasteiger charge is 2.07. The molecular weight excluding hydrogens is 304 g/mol. The third kappa shape index (κ3) is 2.90. The standard InChI is InChI=1S/C13H14N6O2S/c1-19-8-17-12-11(19)7-16-13(18-12)15-6-9-2-4-10(5-3-9)22(14,20)21/h2-5,7-8H,6H2,1H3,(H2,14,20,21)(H,15,16,18). The Kier molecular flexibility index (Phi) is 3.51. The van der Waals surface area contributed by atoms with Crippen LogP contribution in [0.2, 0.25) is 0 Å². The predicted octanol–water partition coefficient (Wildman–Crippen LogP) is 0.623. The first-order valence-electron chi connectivity index (χ1n) is 6.43. The normalized spacial score (nSPS) is 11.7. The van der Waals surface area contributed by atoms with Crippen molar-refractivity contribution in [1.82, 2.24) is 19.5 Å². The number of nitrogens with zero attached hydrogens (tertiary/aromatic N) is 4. The number of imidazole rings is 1. The molecule has 22 heavy (non-hydrogen) atoms. The van der Waals surface area contributed by atoms with Crippen molar-refractivity contribution < 1.29 is 8.42 Å². The van der Waals surface area contributed by atoms with Gasteiger partial charge in [0.05, 0.1) is 17.4 Å². The number of aromatic nitrogens is 4. The first kappa shape index (κ1) is 14.4. The Hall–Kier alpha value is -2.52. The van der Waals surface area contributed by atoms with Crippen molar-refractivity contribution in [2.45, 2.75) is 11.4 Å². The Bertz CT molecular complexity index is 917. The minimum atomic E-state index is -3.66. The van der Waals surface area contributed by atoms with Gasteiger partial charge in [0, 0.05) is 13.6 Å². The largest absolute Gasteiger partial charge is 0.350 e. The van der Waals surface area contributed by atoms with E-state index in [0.29, 0.717) is 18.1 Å². The van der Waals surface area contributed by atoms with Crippen LogP contribution in [0.4, 0.5) is 5.95 Å². The molecule has 0 aliphatic heterocycles. The lowest BCUT2D eigenvalue weighted by atomic mass is 10.2. The maximum Gasteiger partial charge on any atom is 0.238 e. The number of hydrogen-bond acceptors (Lipinski definition) is 6. The topological polar surface area (TPSA) is 116 Å². The van der Waals surface area contributed by atoms with Crippen LogP contribution in [-0.4, -0.2) is 27.9 Å². The zero-order valence-corrected chi connectivity index (χ0v) is 12.6. The number of rotatable bonds is 4. The third-order valence-corrected chi connectivity index (χ3v) is 4.11. The molecule has 2 aromatic heterocycles. The molecule has 0 aliphatic rings. The zero-order valence-electron chi connectivity index (χ0n) is 11.8. The fourth-order valence-electron chi connectivity index (χ4n) is 1.98. The maximum absolute atomic E-state index is 11.2. The van der Waals surface area contributed by atoms with Gasteiger partial charge in [-0.2, -0.15) is 4.98 Å². The summed E-state index contributed by atoms with van der Waals surface area (Å²) in [6.07, 6.45) is 3.37. The average Bonchev–Trinajstić information content (AvgIpc) is 2.86. The van der Waals surface area contributed by atoms with Crippen molar-refractivity contribution in [2.24, 2.45) is 12.2 Å². The second-order valence-electron chi connectivity index (χ2n) is 4.80. The van der Waals surface area contributed by atoms with Gasteiger partial charge < -0.3 is 9.88 Å². The number of fused-ring (bicyclic) bond motifs is 1. The number of anilines is 1. The molecule has 0 unspecified atom stereocenters. The van der Waals surface area contributed by atoms with E-state index in [4.69, 9.17) is 5.14 Å². The minimum Gasteiger partial charge on any atom is -0.350 e. The molecule has 2 heterocycles. The first-order chi connectivity index (χ1) is 10.4. The monoisotopic (exact) mass is 318 g/mol. The van der Waals surface area contributed by atoms with Crippen molar-refractivity contribution in [2.75, 3.05) is 5.32 Å². The van der Waals surface area contributed by atoms with Crippen LogP contribution in [0.25, 0.3) is 11.2 Å². The van der Waals surface area contributed by atoms with Gasteiger partial charge in [-0.15, -0.1) is 0 Å². The Morgan fingerprint density at radius 2 is 1.95 bits per heavy atom. The van der Waals surface area contributed by atoms with Gasteiger partial charge in [-0.25, -0.2) is 23.5 Å². The smallest absolute Gasteiger partial charge is 0.238 e. The lowest BCUT2D eigenvalue weighted by Gasteiger charge is -2.05.